The first-order valence-electron chi connectivity index (χ1n) is 9.90. The topological polar surface area (TPSA) is 100 Å². The lowest BCUT2D eigenvalue weighted by Crippen LogP contribution is -2.42. The van der Waals surface area contributed by atoms with E-state index in [1.807, 2.05) is 32.9 Å². The zero-order valence-corrected chi connectivity index (χ0v) is 20.7. The Hall–Kier alpha value is -2.72. The summed E-state index contributed by atoms with van der Waals surface area (Å²) in [7, 11) is -2.28. The monoisotopic (exact) mass is 520 g/mol. The second-order valence-corrected chi connectivity index (χ2v) is 10.7. The molecule has 1 N–H and O–H groups in total. The SMILES string of the molecule is COc1ccc(Br)cc1/C=N\N(CCC(=O)NC(C)(C)C)C1=NS(=O)(=O)c2ccccc21. The van der Waals surface area contributed by atoms with Gasteiger partial charge in [-0.3, -0.25) is 4.79 Å². The number of nitrogens with zero attached hydrogens (tertiary/aromatic N) is 3. The molecule has 1 aliphatic heterocycles. The predicted molar refractivity (Wildman–Crippen MR) is 128 cm³/mol. The normalized spacial score (nSPS) is 14.7. The first-order valence-corrected chi connectivity index (χ1v) is 12.1. The van der Waals surface area contributed by atoms with E-state index in [1.54, 1.807) is 37.6 Å². The molecular formula is C22H25BrN4O4S. The highest BCUT2D eigenvalue weighted by molar-refractivity contribution is 9.10. The highest BCUT2D eigenvalue weighted by Crippen LogP contribution is 2.28. The van der Waals surface area contributed by atoms with Crippen LogP contribution in [0.15, 0.2) is 61.3 Å². The van der Waals surface area contributed by atoms with Gasteiger partial charge in [0, 0.05) is 27.6 Å². The van der Waals surface area contributed by atoms with Gasteiger partial charge < -0.3 is 10.1 Å². The molecule has 1 heterocycles. The number of ether oxygens (including phenoxy) is 1. The van der Waals surface area contributed by atoms with E-state index in [-0.39, 0.29) is 35.1 Å². The Morgan fingerprint density at radius 2 is 1.97 bits per heavy atom. The molecule has 0 bridgehead atoms. The van der Waals surface area contributed by atoms with Crippen molar-refractivity contribution in [3.8, 4) is 5.75 Å². The summed E-state index contributed by atoms with van der Waals surface area (Å²) in [6.07, 6.45) is 1.66. The van der Waals surface area contributed by atoms with Crippen molar-refractivity contribution in [1.82, 2.24) is 10.3 Å². The minimum atomic E-state index is -3.83. The molecule has 0 aliphatic carbocycles. The summed E-state index contributed by atoms with van der Waals surface area (Å²) in [5, 5.41) is 8.83. The van der Waals surface area contributed by atoms with Gasteiger partial charge in [0.2, 0.25) is 5.91 Å². The Labute approximate surface area is 196 Å². The number of nitrogens with one attached hydrogen (secondary N) is 1. The minimum absolute atomic E-state index is 0.103. The number of sulfonamides is 1. The summed E-state index contributed by atoms with van der Waals surface area (Å²) in [4.78, 5) is 12.5. The molecule has 0 saturated heterocycles. The standard InChI is InChI=1S/C22H25BrN4O4S/c1-22(2,3)25-20(28)11-12-27(24-14-15-13-16(23)9-10-18(15)31-4)21-17-7-5-6-8-19(17)32(29,30)26-21/h5-10,13-14H,11-12H2,1-4H3,(H,25,28)/b24-14-. The molecule has 10 heteroatoms. The van der Waals surface area contributed by atoms with Crippen LogP contribution in [-0.2, 0) is 14.8 Å². The number of carbonyl (C=O) groups is 1. The summed E-state index contributed by atoms with van der Waals surface area (Å²) in [5.74, 6) is 0.602. The van der Waals surface area contributed by atoms with Gasteiger partial charge in [0.15, 0.2) is 5.84 Å². The van der Waals surface area contributed by atoms with Crippen molar-refractivity contribution in [3.05, 3.63) is 58.1 Å². The van der Waals surface area contributed by atoms with Crippen LogP contribution in [0.2, 0.25) is 0 Å². The van der Waals surface area contributed by atoms with Gasteiger partial charge in [0.25, 0.3) is 10.0 Å². The highest BCUT2D eigenvalue weighted by atomic mass is 79.9. The zero-order chi connectivity index (χ0) is 23.5. The van der Waals surface area contributed by atoms with Crippen LogP contribution in [0.25, 0.3) is 0 Å². The molecule has 8 nitrogen and oxygen atoms in total. The fraction of sp³-hybridized carbons (Fsp3) is 0.318. The van der Waals surface area contributed by atoms with Crippen LogP contribution in [0.5, 0.6) is 5.75 Å². The van der Waals surface area contributed by atoms with E-state index in [4.69, 9.17) is 4.74 Å². The number of fused-ring (bicyclic) bond motifs is 1. The van der Waals surface area contributed by atoms with Crippen LogP contribution >= 0.6 is 15.9 Å². The Morgan fingerprint density at radius 1 is 1.25 bits per heavy atom. The molecule has 0 unspecified atom stereocenters. The smallest absolute Gasteiger partial charge is 0.285 e. The number of halogens is 1. The molecule has 1 amide bonds. The fourth-order valence-electron chi connectivity index (χ4n) is 3.12. The van der Waals surface area contributed by atoms with E-state index >= 15 is 0 Å². The van der Waals surface area contributed by atoms with Crippen LogP contribution in [-0.4, -0.2) is 50.6 Å². The van der Waals surface area contributed by atoms with E-state index in [9.17, 15) is 13.2 Å². The second kappa shape index (κ2) is 9.41. The fourth-order valence-corrected chi connectivity index (χ4v) is 4.70. The average molecular weight is 521 g/mol. The van der Waals surface area contributed by atoms with Gasteiger partial charge >= 0.3 is 0 Å². The van der Waals surface area contributed by atoms with Gasteiger partial charge in [-0.2, -0.15) is 13.5 Å². The molecule has 0 spiro atoms. The summed E-state index contributed by atoms with van der Waals surface area (Å²) >= 11 is 3.43. The summed E-state index contributed by atoms with van der Waals surface area (Å²) in [5.41, 5.74) is 0.748. The molecule has 0 atom stereocenters. The number of carbonyl (C=O) groups excluding carboxylic acids is 1. The number of benzene rings is 2. The predicted octanol–water partition coefficient (Wildman–Crippen LogP) is 3.55. The van der Waals surface area contributed by atoms with Gasteiger partial charge in [-0.25, -0.2) is 5.01 Å². The van der Waals surface area contributed by atoms with Crippen LogP contribution in [0, 0.1) is 0 Å². The zero-order valence-electron chi connectivity index (χ0n) is 18.3. The molecule has 3 rings (SSSR count). The van der Waals surface area contributed by atoms with E-state index in [2.05, 4.69) is 30.7 Å². The molecule has 0 fully saturated rings. The largest absolute Gasteiger partial charge is 0.496 e. The molecule has 2 aromatic rings. The Morgan fingerprint density at radius 3 is 2.66 bits per heavy atom. The van der Waals surface area contributed by atoms with Crippen molar-refractivity contribution >= 4 is 43.9 Å². The molecule has 170 valence electrons. The molecule has 0 aromatic heterocycles. The minimum Gasteiger partial charge on any atom is -0.496 e. The second-order valence-electron chi connectivity index (χ2n) is 8.19. The van der Waals surface area contributed by atoms with Gasteiger partial charge in [-0.15, -0.1) is 4.40 Å². The van der Waals surface area contributed by atoms with Crippen molar-refractivity contribution in [2.24, 2.45) is 9.50 Å². The molecule has 32 heavy (non-hydrogen) atoms. The Balaban J connectivity index is 1.96. The van der Waals surface area contributed by atoms with Crippen molar-refractivity contribution < 1.29 is 17.9 Å². The van der Waals surface area contributed by atoms with E-state index in [0.29, 0.717) is 16.9 Å². The highest BCUT2D eigenvalue weighted by Gasteiger charge is 2.32. The lowest BCUT2D eigenvalue weighted by molar-refractivity contribution is -0.122. The quantitative estimate of drug-likeness (QED) is 0.463. The van der Waals surface area contributed by atoms with Crippen molar-refractivity contribution in [2.75, 3.05) is 13.7 Å². The third-order valence-electron chi connectivity index (χ3n) is 4.45. The summed E-state index contributed by atoms with van der Waals surface area (Å²) in [6.45, 7) is 5.82. The van der Waals surface area contributed by atoms with Gasteiger partial charge in [-0.1, -0.05) is 28.1 Å². The van der Waals surface area contributed by atoms with Crippen LogP contribution in [0.3, 0.4) is 0 Å². The van der Waals surface area contributed by atoms with Crippen LogP contribution in [0.1, 0.15) is 38.3 Å². The van der Waals surface area contributed by atoms with Crippen molar-refractivity contribution in [2.45, 2.75) is 37.6 Å². The van der Waals surface area contributed by atoms with E-state index in [0.717, 1.165) is 4.47 Å². The third kappa shape index (κ3) is 5.74. The van der Waals surface area contributed by atoms with Gasteiger partial charge in [0.1, 0.15) is 10.6 Å². The number of amides is 1. The van der Waals surface area contributed by atoms with Crippen molar-refractivity contribution in [3.63, 3.8) is 0 Å². The number of methoxy groups -OCH3 is 1. The van der Waals surface area contributed by atoms with Crippen LogP contribution < -0.4 is 10.1 Å². The number of hydrogen-bond acceptors (Lipinski definition) is 6. The number of rotatable bonds is 6. The number of hydrogen-bond donors (Lipinski definition) is 1. The summed E-state index contributed by atoms with van der Waals surface area (Å²) in [6, 6.07) is 12.0. The average Bonchev–Trinajstić information content (AvgIpc) is 2.98. The molecule has 0 saturated carbocycles. The number of hydrazone groups is 1. The molecular weight excluding hydrogens is 496 g/mol. The van der Waals surface area contributed by atoms with Gasteiger partial charge in [-0.05, 0) is 51.1 Å². The third-order valence-corrected chi connectivity index (χ3v) is 6.27. The molecule has 0 radical (unpaired) electrons. The Bertz CT molecular complexity index is 1190. The van der Waals surface area contributed by atoms with Crippen LogP contribution in [0.4, 0.5) is 0 Å². The Kier molecular flexibility index (Phi) is 7.04. The number of amidine groups is 1. The van der Waals surface area contributed by atoms with E-state index < -0.39 is 10.0 Å². The molecule has 2 aromatic carbocycles. The first-order chi connectivity index (χ1) is 15.0. The first kappa shape index (κ1) is 23.9. The van der Waals surface area contributed by atoms with Gasteiger partial charge in [0.05, 0.1) is 19.9 Å². The van der Waals surface area contributed by atoms with E-state index in [1.165, 1.54) is 11.1 Å². The lowest BCUT2D eigenvalue weighted by Gasteiger charge is -2.23. The maximum absolute atomic E-state index is 12.5. The summed E-state index contributed by atoms with van der Waals surface area (Å²) < 4.78 is 35.2. The van der Waals surface area contributed by atoms with Crippen molar-refractivity contribution in [1.29, 1.82) is 0 Å². The maximum Gasteiger partial charge on any atom is 0.285 e. The molecule has 1 aliphatic rings. The maximum atomic E-state index is 12.5. The lowest BCUT2D eigenvalue weighted by atomic mass is 10.1.